The zero-order valence-corrected chi connectivity index (χ0v) is 34.8. The lowest BCUT2D eigenvalue weighted by Crippen LogP contribution is -2.26. The predicted molar refractivity (Wildman–Crippen MR) is 279 cm³/mol. The second-order valence-electron chi connectivity index (χ2n) is 16.2. The molecule has 2 nitrogen and oxygen atoms in total. The molecule has 0 saturated carbocycles. The van der Waals surface area contributed by atoms with Gasteiger partial charge < -0.3 is 9.32 Å². The van der Waals surface area contributed by atoms with Crippen molar-refractivity contribution in [2.24, 2.45) is 0 Å². The van der Waals surface area contributed by atoms with E-state index in [1.54, 1.807) is 24.3 Å². The molecule has 1 heterocycles. The molecule has 0 unspecified atom stereocenters. The Morgan fingerprint density at radius 2 is 0.955 bits per heavy atom. The summed E-state index contributed by atoms with van der Waals surface area (Å²) in [6.45, 7) is 0. The highest BCUT2D eigenvalue weighted by Crippen LogP contribution is 2.63. The van der Waals surface area contributed by atoms with E-state index in [0.29, 0.717) is 5.56 Å². The van der Waals surface area contributed by atoms with E-state index in [-0.39, 0.29) is 16.5 Å². The van der Waals surface area contributed by atoms with Crippen LogP contribution in [0.25, 0.3) is 88.3 Å². The summed E-state index contributed by atoms with van der Waals surface area (Å²) in [5.41, 5.74) is -4.09. The maximum atomic E-state index is 10.9. The van der Waals surface area contributed by atoms with Crippen LogP contribution >= 0.6 is 0 Å². The van der Waals surface area contributed by atoms with Crippen LogP contribution < -0.4 is 4.90 Å². The molecule has 0 fully saturated rings. The molecule has 0 atom stereocenters. The van der Waals surface area contributed by atoms with Crippen molar-refractivity contribution in [1.29, 1.82) is 0 Å². The average Bonchev–Trinajstić information content (AvgIpc) is 1.49. The minimum atomic E-state index is -2.76. The predicted octanol–water partition coefficient (Wildman–Crippen LogP) is 17.6. The van der Waals surface area contributed by atoms with Gasteiger partial charge in [0.05, 0.1) is 41.3 Å². The van der Waals surface area contributed by atoms with E-state index in [4.69, 9.17) is 18.1 Å². The van der Waals surface area contributed by atoms with Crippen molar-refractivity contribution in [3.05, 3.63) is 270 Å². The van der Waals surface area contributed by atoms with Crippen molar-refractivity contribution in [2.45, 2.75) is 5.41 Å². The van der Waals surface area contributed by atoms with Gasteiger partial charge in [0.1, 0.15) is 5.58 Å². The minimum Gasteiger partial charge on any atom is -0.454 e. The molecule has 312 valence electrons. The zero-order chi connectivity index (χ0) is 63.2. The molecule has 2 aliphatic rings. The smallest absolute Gasteiger partial charge is 0.159 e. The van der Waals surface area contributed by atoms with Crippen LogP contribution in [0.4, 0.5) is 17.1 Å². The normalized spacial score (nSPS) is 17.5. The first kappa shape index (κ1) is 22.0. The third-order valence-corrected chi connectivity index (χ3v) is 12.9. The van der Waals surface area contributed by atoms with Gasteiger partial charge in [0.15, 0.2) is 5.58 Å². The van der Waals surface area contributed by atoms with E-state index >= 15 is 0 Å². The van der Waals surface area contributed by atoms with Crippen LogP contribution in [0.2, 0.25) is 0 Å². The van der Waals surface area contributed by atoms with Crippen LogP contribution in [-0.2, 0) is 5.41 Å². The van der Waals surface area contributed by atoms with Crippen LogP contribution in [0.3, 0.4) is 0 Å². The largest absolute Gasteiger partial charge is 0.454 e. The third-order valence-electron chi connectivity index (χ3n) is 12.9. The summed E-state index contributed by atoms with van der Waals surface area (Å²) in [5.74, 6) is 0. The summed E-state index contributed by atoms with van der Waals surface area (Å²) in [6.07, 6.45) is 0. The number of rotatable bonds is 6. The average molecular weight is 874 g/mol. The number of furan rings is 1. The van der Waals surface area contributed by atoms with Gasteiger partial charge in [0, 0.05) is 22.1 Å². The van der Waals surface area contributed by atoms with E-state index in [9.17, 15) is 16.4 Å². The quantitative estimate of drug-likeness (QED) is 0.165. The highest BCUT2D eigenvalue weighted by molar-refractivity contribution is 6.11. The number of hydrogen-bond donors (Lipinski definition) is 0. The van der Waals surface area contributed by atoms with Crippen molar-refractivity contribution >= 4 is 49.8 Å². The second-order valence-corrected chi connectivity index (χ2v) is 16.2. The highest BCUT2D eigenvalue weighted by atomic mass is 16.3. The molecular weight excluding hydrogens is 811 g/mol. The molecule has 14 rings (SSSR count). The van der Waals surface area contributed by atoms with E-state index < -0.39 is 205 Å². The summed E-state index contributed by atoms with van der Waals surface area (Å²) in [4.78, 5) is 1.10. The SMILES string of the molecule is [2H]c1c([2H])c([2H])c2c(c1[2H])-c1c([2H])c([2H])c([2H])c([2H])c1C21c2c([2H])c([2H])c([2H])c([2H])c2-c2c([2H])c([2H])c(N(c3ccc(-c4ccc5ccccc5c4-c4ccc(-c5ccccc5)cc4)cc3)c3c([2H])c([2H])c([2H])c4c3oc3c([2H])c([2H])c([2H])c([2H])c34)c([2H])c21. The number of fused-ring (bicyclic) bond motifs is 14. The molecular formula is C65H41NO. The Hall–Kier alpha value is -8.72. The molecule has 11 aromatic carbocycles. The maximum absolute atomic E-state index is 10.9. The van der Waals surface area contributed by atoms with Gasteiger partial charge in [-0.2, -0.15) is 0 Å². The molecule has 0 N–H and O–H groups in total. The fourth-order valence-electron chi connectivity index (χ4n) is 9.99. The monoisotopic (exact) mass is 873 g/mol. The summed E-state index contributed by atoms with van der Waals surface area (Å²) in [7, 11) is 0. The van der Waals surface area contributed by atoms with E-state index in [1.165, 1.54) is 0 Å². The van der Waals surface area contributed by atoms with Gasteiger partial charge in [-0.1, -0.05) is 212 Å². The van der Waals surface area contributed by atoms with Crippen molar-refractivity contribution in [3.8, 4) is 55.6 Å². The van der Waals surface area contributed by atoms with Crippen LogP contribution in [0.1, 0.15) is 52.4 Å². The molecule has 1 spiro atoms. The standard InChI is InChI=1S/C65H41NO/c1-2-15-42(16-3-1)43-29-31-46(32-30-43)63-49-18-5-4-17-44(49)35-39-50(63)45-33-36-47(37-34-45)66(61-27-14-23-56-55-22-9-13-28-62(55)67-64(56)61)48-38-40-54-53-21-8-12-26-59(53)65(60(54)41-48)57-24-10-6-19-51(57)52-20-7-11-25-58(52)65/h1-41H/i6D,7D,8D,9D,10D,11D,12D,13D,14D,19D,20D,21D,22D,23D,24D,25D,26D,27D,28D,38D,40D,41D. The van der Waals surface area contributed by atoms with Crippen LogP contribution in [0, 0.1) is 0 Å². The topological polar surface area (TPSA) is 16.4 Å². The van der Waals surface area contributed by atoms with Crippen LogP contribution in [0.15, 0.2) is 253 Å². The molecule has 0 amide bonds. The lowest BCUT2D eigenvalue weighted by atomic mass is 9.70. The van der Waals surface area contributed by atoms with E-state index in [0.717, 1.165) is 43.5 Å². The molecule has 2 aliphatic carbocycles. The van der Waals surface area contributed by atoms with Gasteiger partial charge in [-0.15, -0.1) is 0 Å². The Morgan fingerprint density at radius 3 is 1.69 bits per heavy atom. The fraction of sp³-hybridized carbons (Fsp3) is 0.0154. The van der Waals surface area contributed by atoms with Gasteiger partial charge in [-0.25, -0.2) is 0 Å². The molecule has 0 radical (unpaired) electrons. The molecule has 0 bridgehead atoms. The lowest BCUT2D eigenvalue weighted by molar-refractivity contribution is 0.669. The number of nitrogens with zero attached hydrogens (tertiary/aromatic N) is 1. The lowest BCUT2D eigenvalue weighted by Gasteiger charge is -2.32. The molecule has 2 heteroatoms. The van der Waals surface area contributed by atoms with Crippen molar-refractivity contribution in [2.75, 3.05) is 4.90 Å². The number of hydrogen-bond acceptors (Lipinski definition) is 2. The highest BCUT2D eigenvalue weighted by Gasteiger charge is 2.51. The Balaban J connectivity index is 1.13. The fourth-order valence-corrected chi connectivity index (χ4v) is 9.99. The second kappa shape index (κ2) is 14.7. The first-order chi connectivity index (χ1) is 42.4. The van der Waals surface area contributed by atoms with Gasteiger partial charge in [-0.05, 0) is 125 Å². The Kier molecular flexibility index (Phi) is 4.81. The van der Waals surface area contributed by atoms with Gasteiger partial charge >= 0.3 is 0 Å². The Bertz CT molecular complexity index is 5120. The van der Waals surface area contributed by atoms with Gasteiger partial charge in [0.2, 0.25) is 0 Å². The zero-order valence-electron chi connectivity index (χ0n) is 56.8. The summed E-state index contributed by atoms with van der Waals surface area (Å²) < 4.78 is 213. The summed E-state index contributed by atoms with van der Waals surface area (Å²) in [5, 5.41) is 1.13. The molecule has 0 aliphatic heterocycles. The third kappa shape index (κ3) is 5.51. The number of anilines is 3. The number of benzene rings is 11. The Labute approximate surface area is 420 Å². The summed E-state index contributed by atoms with van der Waals surface area (Å²) >= 11 is 0. The van der Waals surface area contributed by atoms with E-state index in [2.05, 4.69) is 0 Å². The Morgan fingerprint density at radius 1 is 0.373 bits per heavy atom. The summed E-state index contributed by atoms with van der Waals surface area (Å²) in [6, 6.07) is 18.4. The first-order valence-electron chi connectivity index (χ1n) is 32.4. The number of para-hydroxylation sites is 2. The molecule has 0 saturated heterocycles. The van der Waals surface area contributed by atoms with Crippen LogP contribution in [0.5, 0.6) is 0 Å². The van der Waals surface area contributed by atoms with Gasteiger partial charge in [0.25, 0.3) is 0 Å². The van der Waals surface area contributed by atoms with Crippen LogP contribution in [-0.4, -0.2) is 0 Å². The van der Waals surface area contributed by atoms with Gasteiger partial charge in [-0.3, -0.25) is 0 Å². The molecule has 67 heavy (non-hydrogen) atoms. The van der Waals surface area contributed by atoms with E-state index in [1.807, 2.05) is 91.0 Å². The first-order valence-corrected chi connectivity index (χ1v) is 21.4. The van der Waals surface area contributed by atoms with Crippen molar-refractivity contribution in [1.82, 2.24) is 0 Å². The van der Waals surface area contributed by atoms with Crippen molar-refractivity contribution < 1.29 is 34.6 Å². The molecule has 12 aromatic rings. The van der Waals surface area contributed by atoms with Crippen molar-refractivity contribution in [3.63, 3.8) is 0 Å². The minimum absolute atomic E-state index is 0.0403. The maximum Gasteiger partial charge on any atom is 0.159 e. The molecule has 1 aromatic heterocycles.